The Balaban J connectivity index is 2.65. The summed E-state index contributed by atoms with van der Waals surface area (Å²) >= 11 is 0. The van der Waals surface area contributed by atoms with Crippen LogP contribution in [0.2, 0.25) is 0 Å². The number of carbonyl (C=O) groups excluding carboxylic acids is 1. The summed E-state index contributed by atoms with van der Waals surface area (Å²) in [6.45, 7) is 8.56. The fraction of sp³-hybridized carbons (Fsp3) is 0.611. The van der Waals surface area contributed by atoms with Gasteiger partial charge in [0.15, 0.2) is 0 Å². The van der Waals surface area contributed by atoms with Gasteiger partial charge in [0.1, 0.15) is 0 Å². The summed E-state index contributed by atoms with van der Waals surface area (Å²) in [7, 11) is 1.44. The Morgan fingerprint density at radius 2 is 1.81 bits per heavy atom. The second kappa shape index (κ2) is 5.13. The molecule has 2 rings (SSSR count). The maximum atomic E-state index is 12.0. The number of fused-ring (bicyclic) bond motifs is 1. The summed E-state index contributed by atoms with van der Waals surface area (Å²) in [5, 5.41) is 0. The lowest BCUT2D eigenvalue weighted by molar-refractivity contribution is -0.143. The second-order valence-corrected chi connectivity index (χ2v) is 7.49. The molecule has 0 saturated carbocycles. The Labute approximate surface area is 127 Å². The zero-order chi connectivity index (χ0) is 15.9. The van der Waals surface area contributed by atoms with E-state index in [0.717, 1.165) is 12.8 Å². The molecule has 1 aliphatic rings. The molecule has 0 heterocycles. The maximum Gasteiger partial charge on any atom is 0.306 e. The van der Waals surface area contributed by atoms with Crippen molar-refractivity contribution in [3.8, 4) is 0 Å². The average Bonchev–Trinajstić information content (AvgIpc) is 2.41. The molecule has 0 bridgehead atoms. The molecule has 0 saturated heterocycles. The van der Waals surface area contributed by atoms with E-state index in [1.54, 1.807) is 0 Å². The predicted octanol–water partition coefficient (Wildman–Crippen LogP) is 3.30. The summed E-state index contributed by atoms with van der Waals surface area (Å²) in [6.07, 6.45) is 2.25. The molecule has 0 spiro atoms. The van der Waals surface area contributed by atoms with E-state index in [1.165, 1.54) is 18.2 Å². The minimum absolute atomic E-state index is 0.113. The molecule has 1 atom stereocenters. The largest absolute Gasteiger partial charge is 0.469 e. The number of hydrogen-bond donors (Lipinski definition) is 1. The van der Waals surface area contributed by atoms with Crippen molar-refractivity contribution >= 4 is 5.97 Å². The number of esters is 1. The first-order chi connectivity index (χ1) is 9.64. The predicted molar refractivity (Wildman–Crippen MR) is 85.3 cm³/mol. The van der Waals surface area contributed by atoms with Crippen LogP contribution in [0.3, 0.4) is 0 Å². The van der Waals surface area contributed by atoms with Gasteiger partial charge in [-0.3, -0.25) is 4.79 Å². The third-order valence-corrected chi connectivity index (χ3v) is 5.26. The molecular formula is C18H27NO2. The number of hydrogen-bond acceptors (Lipinski definition) is 3. The first-order valence-electron chi connectivity index (χ1n) is 7.60. The van der Waals surface area contributed by atoms with Gasteiger partial charge in [0.2, 0.25) is 0 Å². The van der Waals surface area contributed by atoms with Crippen molar-refractivity contribution < 1.29 is 9.53 Å². The molecule has 1 unspecified atom stereocenters. The summed E-state index contributed by atoms with van der Waals surface area (Å²) < 4.78 is 4.95. The van der Waals surface area contributed by atoms with Crippen LogP contribution >= 0.6 is 0 Å². The highest BCUT2D eigenvalue weighted by Gasteiger charge is 2.51. The van der Waals surface area contributed by atoms with Crippen molar-refractivity contribution in [3.63, 3.8) is 0 Å². The van der Waals surface area contributed by atoms with Crippen molar-refractivity contribution in [3.05, 3.63) is 35.4 Å². The number of carbonyl (C=O) groups is 1. The van der Waals surface area contributed by atoms with E-state index in [1.807, 2.05) is 19.9 Å². The highest BCUT2D eigenvalue weighted by atomic mass is 16.5. The van der Waals surface area contributed by atoms with Gasteiger partial charge in [0, 0.05) is 11.0 Å². The fourth-order valence-corrected chi connectivity index (χ4v) is 3.69. The molecule has 21 heavy (non-hydrogen) atoms. The van der Waals surface area contributed by atoms with Crippen LogP contribution in [0.1, 0.15) is 58.1 Å². The van der Waals surface area contributed by atoms with Gasteiger partial charge in [0.05, 0.1) is 13.5 Å². The highest BCUT2D eigenvalue weighted by Crippen LogP contribution is 2.51. The van der Waals surface area contributed by atoms with E-state index in [4.69, 9.17) is 10.5 Å². The van der Waals surface area contributed by atoms with Gasteiger partial charge >= 0.3 is 5.97 Å². The van der Waals surface area contributed by atoms with Gasteiger partial charge in [0.25, 0.3) is 0 Å². The Hall–Kier alpha value is -1.35. The third kappa shape index (κ3) is 2.59. The molecule has 116 valence electrons. The van der Waals surface area contributed by atoms with E-state index in [2.05, 4.69) is 32.0 Å². The number of benzene rings is 1. The summed E-state index contributed by atoms with van der Waals surface area (Å²) in [5.41, 5.74) is 8.31. The van der Waals surface area contributed by atoms with E-state index < -0.39 is 5.54 Å². The number of nitrogens with two attached hydrogens (primary N) is 1. The molecule has 0 aliphatic heterocycles. The van der Waals surface area contributed by atoms with Crippen LogP contribution in [-0.4, -0.2) is 18.6 Å². The molecule has 1 aromatic carbocycles. The Morgan fingerprint density at radius 3 is 2.33 bits per heavy atom. The third-order valence-electron chi connectivity index (χ3n) is 5.26. The maximum absolute atomic E-state index is 12.0. The first kappa shape index (κ1) is 16.0. The minimum Gasteiger partial charge on any atom is -0.469 e. The molecule has 0 fully saturated rings. The van der Waals surface area contributed by atoms with Crippen molar-refractivity contribution in [1.29, 1.82) is 0 Å². The summed E-state index contributed by atoms with van der Waals surface area (Å²) in [4.78, 5) is 12.0. The lowest BCUT2D eigenvalue weighted by Gasteiger charge is -2.51. The van der Waals surface area contributed by atoms with Gasteiger partial charge < -0.3 is 10.5 Å². The number of rotatable bonds is 3. The molecular weight excluding hydrogens is 262 g/mol. The monoisotopic (exact) mass is 289 g/mol. The average molecular weight is 289 g/mol. The Morgan fingerprint density at radius 1 is 1.24 bits per heavy atom. The number of methoxy groups -OCH3 is 1. The van der Waals surface area contributed by atoms with Gasteiger partial charge in [-0.25, -0.2) is 0 Å². The smallest absolute Gasteiger partial charge is 0.306 e. The minimum atomic E-state index is -0.492. The van der Waals surface area contributed by atoms with Crippen LogP contribution in [-0.2, 0) is 20.4 Å². The molecule has 0 amide bonds. The zero-order valence-corrected chi connectivity index (χ0v) is 13.8. The first-order valence-corrected chi connectivity index (χ1v) is 7.60. The molecule has 3 nitrogen and oxygen atoms in total. The van der Waals surface area contributed by atoms with Crippen LogP contribution in [0.5, 0.6) is 0 Å². The van der Waals surface area contributed by atoms with Crippen molar-refractivity contribution in [2.24, 2.45) is 5.73 Å². The molecule has 2 N–H and O–H groups in total. The SMILES string of the molecule is COC(=O)CC1(C(C)(C)N)CCC(C)(C)c2ccccc21. The lowest BCUT2D eigenvalue weighted by Crippen LogP contribution is -2.58. The molecule has 0 aromatic heterocycles. The standard InChI is InChI=1S/C18H27NO2/c1-16(2)10-11-18(17(3,4)19,12-15(20)21-5)14-9-7-6-8-13(14)16/h6-9H,10-12,19H2,1-5H3. The lowest BCUT2D eigenvalue weighted by atomic mass is 9.54. The van der Waals surface area contributed by atoms with Gasteiger partial charge in [-0.1, -0.05) is 38.1 Å². The van der Waals surface area contributed by atoms with Crippen LogP contribution in [0, 0.1) is 0 Å². The highest BCUT2D eigenvalue weighted by molar-refractivity contribution is 5.72. The molecule has 1 aliphatic carbocycles. The second-order valence-electron chi connectivity index (χ2n) is 7.49. The molecule has 3 heteroatoms. The van der Waals surface area contributed by atoms with E-state index in [-0.39, 0.29) is 16.8 Å². The van der Waals surface area contributed by atoms with Gasteiger partial charge in [-0.15, -0.1) is 0 Å². The zero-order valence-electron chi connectivity index (χ0n) is 13.8. The van der Waals surface area contributed by atoms with E-state index in [9.17, 15) is 4.79 Å². The fourth-order valence-electron chi connectivity index (χ4n) is 3.69. The van der Waals surface area contributed by atoms with Crippen LogP contribution < -0.4 is 5.73 Å². The molecule has 0 radical (unpaired) electrons. The van der Waals surface area contributed by atoms with E-state index >= 15 is 0 Å². The van der Waals surface area contributed by atoms with Crippen molar-refractivity contribution in [1.82, 2.24) is 0 Å². The summed E-state index contributed by atoms with van der Waals surface area (Å²) in [5.74, 6) is -0.192. The van der Waals surface area contributed by atoms with Crippen molar-refractivity contribution in [2.75, 3.05) is 7.11 Å². The normalized spacial score (nSPS) is 24.3. The quantitative estimate of drug-likeness (QED) is 0.869. The molecule has 1 aromatic rings. The van der Waals surface area contributed by atoms with E-state index in [0.29, 0.717) is 6.42 Å². The summed E-state index contributed by atoms with van der Waals surface area (Å²) in [6, 6.07) is 8.41. The van der Waals surface area contributed by atoms with Crippen LogP contribution in [0.25, 0.3) is 0 Å². The topological polar surface area (TPSA) is 52.3 Å². The van der Waals surface area contributed by atoms with Crippen LogP contribution in [0.4, 0.5) is 0 Å². The Kier molecular flexibility index (Phi) is 3.92. The van der Waals surface area contributed by atoms with Gasteiger partial charge in [-0.2, -0.15) is 0 Å². The van der Waals surface area contributed by atoms with Crippen LogP contribution in [0.15, 0.2) is 24.3 Å². The Bertz CT molecular complexity index is 542. The number of ether oxygens (including phenoxy) is 1. The van der Waals surface area contributed by atoms with Crippen molar-refractivity contribution in [2.45, 2.75) is 63.3 Å². The van der Waals surface area contributed by atoms with Gasteiger partial charge in [-0.05, 0) is 43.2 Å².